The van der Waals surface area contributed by atoms with Gasteiger partial charge in [0.1, 0.15) is 6.10 Å². The van der Waals surface area contributed by atoms with Gasteiger partial charge in [0.15, 0.2) is 5.78 Å². The van der Waals surface area contributed by atoms with Crippen molar-refractivity contribution in [3.63, 3.8) is 0 Å². The Balaban J connectivity index is 1.45. The summed E-state index contributed by atoms with van der Waals surface area (Å²) in [7, 11) is 1.34. The topological polar surface area (TPSA) is 90.0 Å². The molecule has 0 spiro atoms. The Morgan fingerprint density at radius 2 is 1.77 bits per heavy atom. The summed E-state index contributed by atoms with van der Waals surface area (Å²) in [5, 5.41) is 0. The zero-order chi connectivity index (χ0) is 25.7. The van der Waals surface area contributed by atoms with Crippen molar-refractivity contribution in [1.29, 1.82) is 0 Å². The predicted molar refractivity (Wildman–Crippen MR) is 130 cm³/mol. The predicted octanol–water partition coefficient (Wildman–Crippen LogP) is 3.94. The van der Waals surface area contributed by atoms with Crippen LogP contribution < -0.4 is 0 Å². The van der Waals surface area contributed by atoms with Crippen LogP contribution in [0.15, 0.2) is 12.7 Å². The van der Waals surface area contributed by atoms with Crippen molar-refractivity contribution < 1.29 is 28.7 Å². The number of hydrogen-bond acceptors (Lipinski definition) is 6. The summed E-state index contributed by atoms with van der Waals surface area (Å²) in [6.07, 6.45) is 6.00. The summed E-state index contributed by atoms with van der Waals surface area (Å²) >= 11 is 0. The minimum absolute atomic E-state index is 0.0184. The maximum Gasteiger partial charge on any atom is 0.312 e. The lowest BCUT2D eigenvalue weighted by Crippen LogP contribution is -2.48. The molecule has 1 unspecified atom stereocenters. The van der Waals surface area contributed by atoms with E-state index in [0.29, 0.717) is 31.2 Å². The fraction of sp³-hybridized carbons (Fsp3) is 0.786. The second kappa shape index (κ2) is 9.36. The number of allylic oxidation sites excluding steroid dienone is 1. The van der Waals surface area contributed by atoms with Crippen LogP contribution in [-0.2, 0) is 28.7 Å². The van der Waals surface area contributed by atoms with Crippen molar-refractivity contribution in [3.8, 4) is 0 Å². The van der Waals surface area contributed by atoms with Gasteiger partial charge in [-0.2, -0.15) is 0 Å². The van der Waals surface area contributed by atoms with Crippen LogP contribution in [0, 0.1) is 40.4 Å². The SMILES string of the molecule is C=C[C@@H]1C[C@]1(CC(=O)[C@@H]1C[C@H](C)CN1C(=O)[C@@H](CC(=O)OC1C[C@@H]2C[C@@H]2C1)C(C)(C)C)C(=O)OC. The summed E-state index contributed by atoms with van der Waals surface area (Å²) in [5.41, 5.74) is -1.33. The maximum absolute atomic E-state index is 13.8. The molecule has 0 aromatic rings. The van der Waals surface area contributed by atoms with Gasteiger partial charge in [-0.1, -0.05) is 33.8 Å². The first-order chi connectivity index (χ1) is 16.4. The van der Waals surface area contributed by atoms with Crippen molar-refractivity contribution in [2.24, 2.45) is 40.4 Å². The monoisotopic (exact) mass is 487 g/mol. The van der Waals surface area contributed by atoms with E-state index < -0.39 is 22.8 Å². The van der Waals surface area contributed by atoms with E-state index in [2.05, 4.69) is 6.58 Å². The number of carbonyl (C=O) groups excluding carboxylic acids is 4. The first-order valence-electron chi connectivity index (χ1n) is 13.1. The van der Waals surface area contributed by atoms with Crippen LogP contribution in [0.1, 0.15) is 72.6 Å². The Kier molecular flexibility index (Phi) is 6.93. The average Bonchev–Trinajstić information content (AvgIpc) is 3.60. The normalized spacial score (nSPS) is 36.2. The molecule has 1 saturated heterocycles. The van der Waals surface area contributed by atoms with E-state index in [1.54, 1.807) is 11.0 Å². The maximum atomic E-state index is 13.8. The van der Waals surface area contributed by atoms with Crippen LogP contribution >= 0.6 is 0 Å². The second-order valence-electron chi connectivity index (χ2n) is 12.6. The van der Waals surface area contributed by atoms with Gasteiger partial charge < -0.3 is 14.4 Å². The number of rotatable bonds is 9. The molecule has 1 heterocycles. The van der Waals surface area contributed by atoms with E-state index in [9.17, 15) is 19.2 Å². The molecule has 7 heteroatoms. The number of hydrogen-bond donors (Lipinski definition) is 0. The molecule has 0 bridgehead atoms. The summed E-state index contributed by atoms with van der Waals surface area (Å²) in [6.45, 7) is 12.1. The molecule has 194 valence electrons. The van der Waals surface area contributed by atoms with Gasteiger partial charge in [-0.15, -0.1) is 6.58 Å². The van der Waals surface area contributed by atoms with E-state index in [-0.39, 0.29) is 54.4 Å². The Hall–Kier alpha value is -2.18. The zero-order valence-electron chi connectivity index (χ0n) is 21.9. The van der Waals surface area contributed by atoms with Crippen molar-refractivity contribution in [2.75, 3.05) is 13.7 Å². The van der Waals surface area contributed by atoms with Crippen molar-refractivity contribution in [3.05, 3.63) is 12.7 Å². The van der Waals surface area contributed by atoms with Crippen LogP contribution in [0.3, 0.4) is 0 Å². The second-order valence-corrected chi connectivity index (χ2v) is 12.6. The number of ketones is 1. The lowest BCUT2D eigenvalue weighted by Gasteiger charge is -2.35. The minimum Gasteiger partial charge on any atom is -0.469 e. The molecule has 0 aromatic heterocycles. The molecule has 3 aliphatic carbocycles. The van der Waals surface area contributed by atoms with Gasteiger partial charge in [0, 0.05) is 13.0 Å². The average molecular weight is 488 g/mol. The van der Waals surface area contributed by atoms with Crippen LogP contribution in [0.2, 0.25) is 0 Å². The van der Waals surface area contributed by atoms with E-state index in [0.717, 1.165) is 12.8 Å². The quantitative estimate of drug-likeness (QED) is 0.361. The van der Waals surface area contributed by atoms with E-state index in [4.69, 9.17) is 9.47 Å². The van der Waals surface area contributed by atoms with E-state index in [1.807, 2.05) is 27.7 Å². The Labute approximate surface area is 209 Å². The number of carbonyl (C=O) groups is 4. The first kappa shape index (κ1) is 25.9. The van der Waals surface area contributed by atoms with Gasteiger partial charge in [-0.3, -0.25) is 19.2 Å². The van der Waals surface area contributed by atoms with Crippen molar-refractivity contribution in [1.82, 2.24) is 4.90 Å². The van der Waals surface area contributed by atoms with Gasteiger partial charge in [0.05, 0.1) is 30.9 Å². The molecule has 8 atom stereocenters. The van der Waals surface area contributed by atoms with Crippen LogP contribution in [-0.4, -0.2) is 54.3 Å². The summed E-state index contributed by atoms with van der Waals surface area (Å²) in [4.78, 5) is 54.3. The van der Waals surface area contributed by atoms with Gasteiger partial charge in [-0.05, 0) is 61.2 Å². The molecule has 0 radical (unpaired) electrons. The van der Waals surface area contributed by atoms with Gasteiger partial charge in [0.25, 0.3) is 0 Å². The molecule has 1 aliphatic heterocycles. The highest BCUT2D eigenvalue weighted by atomic mass is 16.5. The van der Waals surface area contributed by atoms with Crippen LogP contribution in [0.5, 0.6) is 0 Å². The lowest BCUT2D eigenvalue weighted by atomic mass is 9.77. The summed E-state index contributed by atoms with van der Waals surface area (Å²) in [5.74, 6) is -0.0712. The number of Topliss-reactive ketones (excluding diaryl/α,β-unsaturated/α-hetero) is 1. The highest BCUT2D eigenvalue weighted by molar-refractivity contribution is 5.95. The zero-order valence-corrected chi connectivity index (χ0v) is 21.9. The van der Waals surface area contributed by atoms with E-state index >= 15 is 0 Å². The number of likely N-dealkylation sites (tertiary alicyclic amines) is 1. The van der Waals surface area contributed by atoms with Crippen molar-refractivity contribution in [2.45, 2.75) is 84.8 Å². The smallest absolute Gasteiger partial charge is 0.312 e. The van der Waals surface area contributed by atoms with E-state index in [1.165, 1.54) is 13.5 Å². The number of esters is 2. The number of fused-ring (bicyclic) bond motifs is 1. The Bertz CT molecular complexity index is 896. The Morgan fingerprint density at radius 3 is 2.31 bits per heavy atom. The highest BCUT2D eigenvalue weighted by Crippen LogP contribution is 2.57. The molecular formula is C28H41NO6. The molecular weight excluding hydrogens is 446 g/mol. The first-order valence-corrected chi connectivity index (χ1v) is 13.1. The number of amides is 1. The highest BCUT2D eigenvalue weighted by Gasteiger charge is 2.61. The minimum atomic E-state index is -0.858. The molecule has 0 aromatic carbocycles. The molecule has 7 nitrogen and oxygen atoms in total. The van der Waals surface area contributed by atoms with Crippen LogP contribution in [0.25, 0.3) is 0 Å². The number of methoxy groups -OCH3 is 1. The van der Waals surface area contributed by atoms with Gasteiger partial charge in [0.2, 0.25) is 5.91 Å². The van der Waals surface area contributed by atoms with Gasteiger partial charge >= 0.3 is 11.9 Å². The third-order valence-corrected chi connectivity index (χ3v) is 8.88. The largest absolute Gasteiger partial charge is 0.469 e. The molecule has 35 heavy (non-hydrogen) atoms. The van der Waals surface area contributed by atoms with Crippen molar-refractivity contribution >= 4 is 23.6 Å². The molecule has 4 rings (SSSR count). The van der Waals surface area contributed by atoms with Crippen LogP contribution in [0.4, 0.5) is 0 Å². The molecule has 0 N–H and O–H groups in total. The fourth-order valence-electron chi connectivity index (χ4n) is 6.50. The van der Waals surface area contributed by atoms with Gasteiger partial charge in [-0.25, -0.2) is 0 Å². The fourth-order valence-corrected chi connectivity index (χ4v) is 6.50. The summed E-state index contributed by atoms with van der Waals surface area (Å²) in [6, 6.07) is -0.590. The number of ether oxygens (including phenoxy) is 2. The number of nitrogens with zero attached hydrogens (tertiary/aromatic N) is 1. The molecule has 1 amide bonds. The molecule has 3 saturated carbocycles. The third-order valence-electron chi connectivity index (χ3n) is 8.88. The molecule has 4 fully saturated rings. The standard InChI is InChI=1S/C28H41NO6/c1-7-19-13-28(19,26(33)34-6)14-23(30)22-8-16(2)15-29(22)25(32)21(27(3,4)5)12-24(31)35-20-10-17-9-18(17)11-20/h7,16-22H,1,8-15H2,2-6H3/t16-,17-,18+,19+,20?,21+,22-,28+/m0/s1. The Morgan fingerprint density at radius 1 is 1.11 bits per heavy atom. The third kappa shape index (κ3) is 5.19. The summed E-state index contributed by atoms with van der Waals surface area (Å²) < 4.78 is 10.7. The lowest BCUT2D eigenvalue weighted by molar-refractivity contribution is -0.157. The molecule has 4 aliphatic rings.